The normalized spacial score (nSPS) is 44.1. The van der Waals surface area contributed by atoms with Crippen molar-refractivity contribution in [3.63, 3.8) is 0 Å². The molecule has 0 aromatic rings. The van der Waals surface area contributed by atoms with Crippen LogP contribution in [0, 0.1) is 0 Å². The van der Waals surface area contributed by atoms with E-state index in [1.165, 1.54) is 32.1 Å². The maximum Gasteiger partial charge on any atom is 0.0622 e. The third-order valence-electron chi connectivity index (χ3n) is 4.61. The van der Waals surface area contributed by atoms with Gasteiger partial charge in [-0.1, -0.05) is 6.92 Å². The van der Waals surface area contributed by atoms with Crippen LogP contribution in [0.3, 0.4) is 0 Å². The van der Waals surface area contributed by atoms with Crippen LogP contribution in [0.5, 0.6) is 0 Å². The molecule has 0 aromatic carbocycles. The molecule has 3 rings (SSSR count). The Hall–Kier alpha value is -0.120. The number of nitrogens with one attached hydrogen (secondary N) is 1. The van der Waals surface area contributed by atoms with Crippen LogP contribution in [0.15, 0.2) is 0 Å². The Kier molecular flexibility index (Phi) is 3.18. The van der Waals surface area contributed by atoms with Gasteiger partial charge in [-0.3, -0.25) is 4.90 Å². The van der Waals surface area contributed by atoms with Gasteiger partial charge in [-0.25, -0.2) is 0 Å². The van der Waals surface area contributed by atoms with Crippen molar-refractivity contribution in [2.45, 2.75) is 63.2 Å². The molecular formula is C13H24N2O. The maximum absolute atomic E-state index is 5.55. The fourth-order valence-corrected chi connectivity index (χ4v) is 4.02. The summed E-state index contributed by atoms with van der Waals surface area (Å²) in [5.74, 6) is 0. The van der Waals surface area contributed by atoms with Gasteiger partial charge in [0.15, 0.2) is 0 Å². The van der Waals surface area contributed by atoms with E-state index in [-0.39, 0.29) is 0 Å². The molecule has 3 atom stereocenters. The second kappa shape index (κ2) is 4.63. The molecule has 3 saturated heterocycles. The average Bonchev–Trinajstić information content (AvgIpc) is 2.85. The molecule has 3 unspecified atom stereocenters. The minimum atomic E-state index is 0.736. The van der Waals surface area contributed by atoms with Crippen LogP contribution in [0.1, 0.15) is 39.0 Å². The monoisotopic (exact) mass is 224 g/mol. The lowest BCUT2D eigenvalue weighted by atomic mass is 9.95. The minimum absolute atomic E-state index is 0.736. The number of fused-ring (bicyclic) bond motifs is 2. The van der Waals surface area contributed by atoms with Crippen molar-refractivity contribution < 1.29 is 4.74 Å². The third-order valence-corrected chi connectivity index (χ3v) is 4.61. The molecular weight excluding hydrogens is 200 g/mol. The Morgan fingerprint density at radius 3 is 2.44 bits per heavy atom. The largest absolute Gasteiger partial charge is 0.380 e. The van der Waals surface area contributed by atoms with E-state index in [1.807, 2.05) is 0 Å². The van der Waals surface area contributed by atoms with Gasteiger partial charge in [-0.05, 0) is 38.6 Å². The van der Waals surface area contributed by atoms with Crippen molar-refractivity contribution in [1.29, 1.82) is 0 Å². The summed E-state index contributed by atoms with van der Waals surface area (Å²) in [4.78, 5) is 2.81. The Labute approximate surface area is 98.5 Å². The van der Waals surface area contributed by atoms with Gasteiger partial charge in [0.05, 0.1) is 6.61 Å². The van der Waals surface area contributed by atoms with Gasteiger partial charge in [0.1, 0.15) is 0 Å². The zero-order valence-corrected chi connectivity index (χ0v) is 10.3. The number of hydrogen-bond donors (Lipinski definition) is 1. The van der Waals surface area contributed by atoms with E-state index in [2.05, 4.69) is 17.1 Å². The minimum Gasteiger partial charge on any atom is -0.380 e. The zero-order chi connectivity index (χ0) is 11.0. The smallest absolute Gasteiger partial charge is 0.0622 e. The standard InChI is InChI=1S/C13H24N2O/c1-2-14-10-7-11-3-4-12(8-10)15(11)13-5-6-16-9-13/h10-14H,2-9H2,1H3. The third kappa shape index (κ3) is 1.89. The number of ether oxygens (including phenoxy) is 1. The number of rotatable bonds is 3. The van der Waals surface area contributed by atoms with Crippen LogP contribution < -0.4 is 5.32 Å². The van der Waals surface area contributed by atoms with E-state index >= 15 is 0 Å². The summed E-state index contributed by atoms with van der Waals surface area (Å²) >= 11 is 0. The van der Waals surface area contributed by atoms with Crippen LogP contribution in [-0.4, -0.2) is 48.8 Å². The molecule has 0 radical (unpaired) electrons. The molecule has 3 aliphatic rings. The number of hydrogen-bond acceptors (Lipinski definition) is 3. The van der Waals surface area contributed by atoms with Gasteiger partial charge >= 0.3 is 0 Å². The van der Waals surface area contributed by atoms with E-state index < -0.39 is 0 Å². The van der Waals surface area contributed by atoms with Gasteiger partial charge < -0.3 is 10.1 Å². The van der Waals surface area contributed by atoms with E-state index in [9.17, 15) is 0 Å². The fourth-order valence-electron chi connectivity index (χ4n) is 4.02. The summed E-state index contributed by atoms with van der Waals surface area (Å²) in [6.45, 7) is 5.31. The van der Waals surface area contributed by atoms with Crippen molar-refractivity contribution in [3.05, 3.63) is 0 Å². The molecule has 3 heteroatoms. The summed E-state index contributed by atoms with van der Waals surface area (Å²) in [7, 11) is 0. The number of piperidine rings is 1. The molecule has 3 nitrogen and oxygen atoms in total. The summed E-state index contributed by atoms with van der Waals surface area (Å²) in [5, 5.41) is 3.64. The van der Waals surface area contributed by atoms with E-state index in [0.29, 0.717) is 0 Å². The molecule has 0 aliphatic carbocycles. The topological polar surface area (TPSA) is 24.5 Å². The van der Waals surface area contributed by atoms with Gasteiger partial charge in [0, 0.05) is 30.8 Å². The van der Waals surface area contributed by atoms with Gasteiger partial charge in [-0.2, -0.15) is 0 Å². The molecule has 0 aromatic heterocycles. The van der Waals surface area contributed by atoms with Crippen molar-refractivity contribution in [3.8, 4) is 0 Å². The van der Waals surface area contributed by atoms with Crippen LogP contribution >= 0.6 is 0 Å². The highest BCUT2D eigenvalue weighted by atomic mass is 16.5. The first-order chi connectivity index (χ1) is 7.88. The van der Waals surface area contributed by atoms with E-state index in [1.54, 1.807) is 0 Å². The lowest BCUT2D eigenvalue weighted by molar-refractivity contribution is 0.0606. The Morgan fingerprint density at radius 1 is 1.12 bits per heavy atom. The highest BCUT2D eigenvalue weighted by Gasteiger charge is 2.44. The van der Waals surface area contributed by atoms with E-state index in [4.69, 9.17) is 4.74 Å². The highest BCUT2D eigenvalue weighted by Crippen LogP contribution is 2.38. The fraction of sp³-hybridized carbons (Fsp3) is 1.00. The van der Waals surface area contributed by atoms with Crippen molar-refractivity contribution in [2.24, 2.45) is 0 Å². The molecule has 0 spiro atoms. The van der Waals surface area contributed by atoms with Crippen molar-refractivity contribution >= 4 is 0 Å². The second-order valence-electron chi connectivity index (χ2n) is 5.58. The lowest BCUT2D eigenvalue weighted by Gasteiger charge is -2.42. The molecule has 0 amide bonds. The lowest BCUT2D eigenvalue weighted by Crippen LogP contribution is -2.53. The molecule has 0 saturated carbocycles. The number of nitrogens with zero attached hydrogens (tertiary/aromatic N) is 1. The second-order valence-corrected chi connectivity index (χ2v) is 5.58. The zero-order valence-electron chi connectivity index (χ0n) is 10.3. The van der Waals surface area contributed by atoms with Crippen LogP contribution in [0.4, 0.5) is 0 Å². The quantitative estimate of drug-likeness (QED) is 0.784. The Morgan fingerprint density at radius 2 is 1.88 bits per heavy atom. The SMILES string of the molecule is CCNC1CC2CCC(C1)N2C1CCOC1. The van der Waals surface area contributed by atoms with E-state index in [0.717, 1.165) is 43.9 Å². The predicted molar refractivity (Wildman–Crippen MR) is 64.6 cm³/mol. The first-order valence-electron chi connectivity index (χ1n) is 6.97. The molecule has 3 fully saturated rings. The van der Waals surface area contributed by atoms with Crippen LogP contribution in [0.25, 0.3) is 0 Å². The van der Waals surface area contributed by atoms with Crippen LogP contribution in [0.2, 0.25) is 0 Å². The molecule has 3 aliphatic heterocycles. The molecule has 92 valence electrons. The highest BCUT2D eigenvalue weighted by molar-refractivity contribution is 5.00. The maximum atomic E-state index is 5.55. The Bertz CT molecular complexity index is 226. The summed E-state index contributed by atoms with van der Waals surface area (Å²) in [5.41, 5.74) is 0. The average molecular weight is 224 g/mol. The molecule has 3 heterocycles. The summed E-state index contributed by atoms with van der Waals surface area (Å²) in [6.07, 6.45) is 6.83. The first-order valence-corrected chi connectivity index (χ1v) is 6.97. The molecule has 2 bridgehead atoms. The van der Waals surface area contributed by atoms with Gasteiger partial charge in [0.25, 0.3) is 0 Å². The summed E-state index contributed by atoms with van der Waals surface area (Å²) in [6, 6.07) is 3.20. The van der Waals surface area contributed by atoms with Crippen molar-refractivity contribution in [1.82, 2.24) is 10.2 Å². The first kappa shape index (κ1) is 11.0. The van der Waals surface area contributed by atoms with Crippen LogP contribution in [-0.2, 0) is 4.74 Å². The summed E-state index contributed by atoms with van der Waals surface area (Å²) < 4.78 is 5.55. The van der Waals surface area contributed by atoms with Gasteiger partial charge in [-0.15, -0.1) is 0 Å². The predicted octanol–water partition coefficient (Wildman–Crippen LogP) is 1.38. The molecule has 16 heavy (non-hydrogen) atoms. The Balaban J connectivity index is 1.65. The molecule has 1 N–H and O–H groups in total. The van der Waals surface area contributed by atoms with Gasteiger partial charge in [0.2, 0.25) is 0 Å². The van der Waals surface area contributed by atoms with Crippen molar-refractivity contribution in [2.75, 3.05) is 19.8 Å².